The maximum atomic E-state index is 12.8. The molecule has 1 atom stereocenters. The van der Waals surface area contributed by atoms with E-state index in [2.05, 4.69) is 130 Å². The fourth-order valence-corrected chi connectivity index (χ4v) is 7.47. The number of unbranched alkanes of at least 4 members (excludes halogenated alkanes) is 21. The molecule has 6 heteroatoms. The summed E-state index contributed by atoms with van der Waals surface area (Å²) < 4.78 is 16.8. The molecule has 0 saturated carbocycles. The minimum atomic E-state index is -0.805. The number of hydrogen-bond donors (Lipinski definition) is 0. The Hall–Kier alpha value is -3.93. The van der Waals surface area contributed by atoms with Crippen LogP contribution in [0.15, 0.2) is 109 Å². The van der Waals surface area contributed by atoms with Gasteiger partial charge < -0.3 is 14.2 Å². The minimum absolute atomic E-state index is 0.101. The van der Waals surface area contributed by atoms with Crippen LogP contribution in [0.5, 0.6) is 0 Å². The van der Waals surface area contributed by atoms with Crippen molar-refractivity contribution in [2.75, 3.05) is 13.2 Å². The molecule has 0 aliphatic rings. The Balaban J connectivity index is 4.49. The van der Waals surface area contributed by atoms with Crippen LogP contribution in [-0.4, -0.2) is 37.2 Å². The van der Waals surface area contributed by atoms with Gasteiger partial charge >= 0.3 is 17.9 Å². The summed E-state index contributed by atoms with van der Waals surface area (Å²) in [4.78, 5) is 38.2. The summed E-state index contributed by atoms with van der Waals surface area (Å²) in [5, 5.41) is 0. The van der Waals surface area contributed by atoms with Crippen molar-refractivity contribution in [1.29, 1.82) is 0 Å². The lowest BCUT2D eigenvalue weighted by Gasteiger charge is -2.18. The van der Waals surface area contributed by atoms with E-state index in [-0.39, 0.29) is 31.1 Å². The molecular formula is C63H104O6. The molecule has 0 aromatic rings. The zero-order valence-corrected chi connectivity index (χ0v) is 44.8. The number of carbonyl (C=O) groups is 3. The molecule has 0 fully saturated rings. The van der Waals surface area contributed by atoms with E-state index in [1.807, 2.05) is 0 Å². The van der Waals surface area contributed by atoms with E-state index in [1.165, 1.54) is 64.2 Å². The van der Waals surface area contributed by atoms with Gasteiger partial charge in [0.15, 0.2) is 6.10 Å². The van der Waals surface area contributed by atoms with E-state index in [1.54, 1.807) is 0 Å². The van der Waals surface area contributed by atoms with E-state index in [9.17, 15) is 14.4 Å². The Kier molecular flexibility index (Phi) is 53.4. The zero-order chi connectivity index (χ0) is 50.0. The van der Waals surface area contributed by atoms with Crippen LogP contribution in [0.4, 0.5) is 0 Å². The molecule has 0 aromatic heterocycles. The molecule has 6 nitrogen and oxygen atoms in total. The van der Waals surface area contributed by atoms with Gasteiger partial charge in [-0.3, -0.25) is 14.4 Å². The summed E-state index contributed by atoms with van der Waals surface area (Å²) in [7, 11) is 0. The highest BCUT2D eigenvalue weighted by atomic mass is 16.6. The summed E-state index contributed by atoms with van der Waals surface area (Å²) in [6.07, 6.45) is 76.4. The first-order valence-corrected chi connectivity index (χ1v) is 28.4. The fourth-order valence-electron chi connectivity index (χ4n) is 7.47. The Morgan fingerprint density at radius 2 is 0.565 bits per heavy atom. The molecule has 0 radical (unpaired) electrons. The monoisotopic (exact) mass is 957 g/mol. The van der Waals surface area contributed by atoms with Crippen molar-refractivity contribution >= 4 is 17.9 Å². The molecular weight excluding hydrogens is 853 g/mol. The third kappa shape index (κ3) is 54.9. The van der Waals surface area contributed by atoms with Crippen LogP contribution in [0.2, 0.25) is 0 Å². The third-order valence-electron chi connectivity index (χ3n) is 11.7. The van der Waals surface area contributed by atoms with Gasteiger partial charge in [-0.25, -0.2) is 0 Å². The SMILES string of the molecule is CC/C=C\C/C=C\C/C=C\C/C=C\CCCCCCC(=O)OC(COC(=O)CCCCCCC/C=C\C/C=C\CCCCC)COC(=O)CCCCCCCC/C=C\C/C=C\C/C=C\CCCCC. The van der Waals surface area contributed by atoms with Crippen molar-refractivity contribution in [1.82, 2.24) is 0 Å². The second-order valence-corrected chi connectivity index (χ2v) is 18.5. The Labute approximate surface area is 425 Å². The molecule has 392 valence electrons. The average Bonchev–Trinajstić information content (AvgIpc) is 3.35. The lowest BCUT2D eigenvalue weighted by Crippen LogP contribution is -2.30. The van der Waals surface area contributed by atoms with Crippen molar-refractivity contribution in [3.05, 3.63) is 109 Å². The first kappa shape index (κ1) is 65.1. The van der Waals surface area contributed by atoms with Crippen molar-refractivity contribution in [2.45, 2.75) is 258 Å². The number of carbonyl (C=O) groups excluding carboxylic acids is 3. The van der Waals surface area contributed by atoms with Crippen molar-refractivity contribution in [3.8, 4) is 0 Å². The second kappa shape index (κ2) is 56.7. The van der Waals surface area contributed by atoms with Gasteiger partial charge in [-0.05, 0) is 128 Å². The predicted octanol–water partition coefficient (Wildman–Crippen LogP) is 19.1. The summed E-state index contributed by atoms with van der Waals surface area (Å²) in [6.45, 7) is 6.43. The molecule has 0 heterocycles. The molecule has 0 saturated heterocycles. The maximum absolute atomic E-state index is 12.8. The first-order valence-electron chi connectivity index (χ1n) is 28.4. The lowest BCUT2D eigenvalue weighted by atomic mass is 10.1. The standard InChI is InChI=1S/C63H104O6/c1-4-7-10-13-16-19-22-25-28-30-31-33-35-38-41-44-47-50-53-56-62(65)68-59-60(58-67-61(64)55-52-49-46-43-40-37-34-27-24-21-18-15-12-9-6-3)69-63(66)57-54-51-48-45-42-39-36-32-29-26-23-20-17-14-11-8-5-2/h8,11,16-21,25-29,31,33-34,36,39,60H,4-7,9-10,12-15,22-24,30,32,35,37-38,40-59H2,1-3H3/b11-8-,19-16-,20-17-,21-18-,28-25-,29-26-,33-31-,34-27-,39-36-. The van der Waals surface area contributed by atoms with Crippen molar-refractivity contribution in [2.24, 2.45) is 0 Å². The molecule has 0 aliphatic heterocycles. The number of esters is 3. The highest BCUT2D eigenvalue weighted by molar-refractivity contribution is 5.71. The zero-order valence-electron chi connectivity index (χ0n) is 44.8. The molecule has 0 bridgehead atoms. The van der Waals surface area contributed by atoms with Crippen LogP contribution >= 0.6 is 0 Å². The number of rotatable bonds is 50. The van der Waals surface area contributed by atoms with Crippen molar-refractivity contribution in [3.63, 3.8) is 0 Å². The van der Waals surface area contributed by atoms with Gasteiger partial charge in [-0.15, -0.1) is 0 Å². The number of ether oxygens (including phenoxy) is 3. The third-order valence-corrected chi connectivity index (χ3v) is 11.7. The van der Waals surface area contributed by atoms with Crippen LogP contribution in [0.25, 0.3) is 0 Å². The molecule has 0 spiro atoms. The molecule has 0 aromatic carbocycles. The number of allylic oxidation sites excluding steroid dienone is 18. The van der Waals surface area contributed by atoms with Gasteiger partial charge in [-0.2, -0.15) is 0 Å². The Bertz CT molecular complexity index is 1420. The van der Waals surface area contributed by atoms with Gasteiger partial charge in [0.05, 0.1) is 0 Å². The van der Waals surface area contributed by atoms with Gasteiger partial charge in [-0.1, -0.05) is 214 Å². The largest absolute Gasteiger partial charge is 0.462 e. The molecule has 0 rings (SSSR count). The quantitative estimate of drug-likeness (QED) is 0.0262. The van der Waals surface area contributed by atoms with Crippen molar-refractivity contribution < 1.29 is 28.6 Å². The summed E-state index contributed by atoms with van der Waals surface area (Å²) in [5.41, 5.74) is 0. The lowest BCUT2D eigenvalue weighted by molar-refractivity contribution is -0.167. The topological polar surface area (TPSA) is 78.9 Å². The summed E-state index contributed by atoms with van der Waals surface area (Å²) >= 11 is 0. The first-order chi connectivity index (χ1) is 34.0. The summed E-state index contributed by atoms with van der Waals surface area (Å²) in [5.74, 6) is -0.951. The van der Waals surface area contributed by atoms with E-state index < -0.39 is 6.10 Å². The van der Waals surface area contributed by atoms with E-state index in [0.29, 0.717) is 19.3 Å². The smallest absolute Gasteiger partial charge is 0.306 e. The van der Waals surface area contributed by atoms with Gasteiger partial charge in [0.1, 0.15) is 13.2 Å². The Morgan fingerprint density at radius 3 is 0.884 bits per heavy atom. The normalized spacial score (nSPS) is 12.9. The highest BCUT2D eigenvalue weighted by Crippen LogP contribution is 2.13. The molecule has 69 heavy (non-hydrogen) atoms. The van der Waals surface area contributed by atoms with Crippen LogP contribution < -0.4 is 0 Å². The molecule has 1 unspecified atom stereocenters. The predicted molar refractivity (Wildman–Crippen MR) is 297 cm³/mol. The maximum Gasteiger partial charge on any atom is 0.306 e. The molecule has 0 amide bonds. The fraction of sp³-hybridized carbons (Fsp3) is 0.667. The van der Waals surface area contributed by atoms with Crippen LogP contribution in [0.3, 0.4) is 0 Å². The van der Waals surface area contributed by atoms with Gasteiger partial charge in [0, 0.05) is 19.3 Å². The average molecular weight is 958 g/mol. The van der Waals surface area contributed by atoms with E-state index in [0.717, 1.165) is 148 Å². The Morgan fingerprint density at radius 1 is 0.304 bits per heavy atom. The molecule has 0 aliphatic carbocycles. The van der Waals surface area contributed by atoms with Gasteiger partial charge in [0.25, 0.3) is 0 Å². The highest BCUT2D eigenvalue weighted by Gasteiger charge is 2.19. The van der Waals surface area contributed by atoms with E-state index in [4.69, 9.17) is 14.2 Å². The summed E-state index contributed by atoms with van der Waals surface area (Å²) in [6, 6.07) is 0. The second-order valence-electron chi connectivity index (χ2n) is 18.5. The van der Waals surface area contributed by atoms with Crippen LogP contribution in [0, 0.1) is 0 Å². The van der Waals surface area contributed by atoms with Crippen LogP contribution in [0.1, 0.15) is 252 Å². The number of hydrogen-bond acceptors (Lipinski definition) is 6. The minimum Gasteiger partial charge on any atom is -0.462 e. The van der Waals surface area contributed by atoms with Crippen LogP contribution in [-0.2, 0) is 28.6 Å². The van der Waals surface area contributed by atoms with Gasteiger partial charge in [0.2, 0.25) is 0 Å². The molecule has 0 N–H and O–H groups in total. The van der Waals surface area contributed by atoms with E-state index >= 15 is 0 Å².